The summed E-state index contributed by atoms with van der Waals surface area (Å²) in [4.78, 5) is 0. The SMILES string of the molecule is SC1=C(S)S[C](S)([Zn][C]2(S)SC(S)=C(S)S2)S1. The average molecular weight is 464 g/mol. The molecule has 0 bridgehead atoms. The van der Waals surface area contributed by atoms with Gasteiger partial charge < -0.3 is 0 Å². The minimum absolute atomic E-state index is 0.0879. The van der Waals surface area contributed by atoms with Gasteiger partial charge in [-0.3, -0.25) is 0 Å². The molecule has 2 rings (SSSR count). The second-order valence-electron chi connectivity index (χ2n) is 3.23. The molecule has 0 fully saturated rings. The van der Waals surface area contributed by atoms with Gasteiger partial charge in [-0.05, 0) is 0 Å². The molecule has 0 radical (unpaired) electrons. The van der Waals surface area contributed by atoms with Gasteiger partial charge in [-0.2, -0.15) is 0 Å². The minimum atomic E-state index is -1.16. The number of rotatable bonds is 2. The summed E-state index contributed by atoms with van der Waals surface area (Å²) in [6, 6.07) is 0. The summed E-state index contributed by atoms with van der Waals surface area (Å²) < 4.78 is 3.69. The fraction of sp³-hybridized carbons (Fsp3) is 0.333. The van der Waals surface area contributed by atoms with Crippen molar-refractivity contribution >= 4 is 123 Å². The van der Waals surface area contributed by atoms with Crippen LogP contribution in [-0.4, -0.2) is 4.01 Å². The van der Waals surface area contributed by atoms with Crippen LogP contribution in [0.4, 0.5) is 0 Å². The fourth-order valence-corrected chi connectivity index (χ4v) is 31.5. The van der Waals surface area contributed by atoms with E-state index >= 15 is 0 Å². The Morgan fingerprint density at radius 2 is 0.882 bits per heavy atom. The van der Waals surface area contributed by atoms with Crippen molar-refractivity contribution < 1.29 is 17.1 Å². The van der Waals surface area contributed by atoms with Crippen LogP contribution in [-0.2, 0) is 17.1 Å². The second-order valence-corrected chi connectivity index (χ2v) is 26.7. The molecule has 0 saturated carbocycles. The Labute approximate surface area is 158 Å². The number of hydrogen-bond acceptors (Lipinski definition) is 10. The number of hydrogen-bond donors (Lipinski definition) is 6. The summed E-state index contributed by atoms with van der Waals surface area (Å²) in [7, 11) is 0. The Hall–Kier alpha value is 3.60. The van der Waals surface area contributed by atoms with E-state index in [9.17, 15) is 0 Å². The van der Waals surface area contributed by atoms with Crippen molar-refractivity contribution in [2.75, 3.05) is 0 Å². The van der Waals surface area contributed by atoms with Gasteiger partial charge in [0, 0.05) is 0 Å². The monoisotopic (exact) mass is 462 g/mol. The van der Waals surface area contributed by atoms with Gasteiger partial charge in [-0.15, -0.1) is 0 Å². The quantitative estimate of drug-likeness (QED) is 0.249. The molecule has 0 aliphatic carbocycles. The van der Waals surface area contributed by atoms with Gasteiger partial charge >= 0.3 is 161 Å². The first-order valence-corrected chi connectivity index (χ1v) is 13.1. The number of thioether (sulfide) groups is 4. The molecule has 0 aromatic rings. The summed E-state index contributed by atoms with van der Waals surface area (Å²) in [5, 5.41) is 0. The van der Waals surface area contributed by atoms with Gasteiger partial charge in [0.05, 0.1) is 0 Å². The van der Waals surface area contributed by atoms with Gasteiger partial charge in [0.15, 0.2) is 0 Å². The van der Waals surface area contributed by atoms with E-state index in [1.807, 2.05) is 0 Å². The van der Waals surface area contributed by atoms with E-state index in [1.54, 1.807) is 47.0 Å². The molecule has 0 amide bonds. The summed E-state index contributed by atoms with van der Waals surface area (Å²) in [6.07, 6.45) is 0. The topological polar surface area (TPSA) is 0 Å². The van der Waals surface area contributed by atoms with E-state index in [0.29, 0.717) is 0 Å². The van der Waals surface area contributed by atoms with Crippen LogP contribution in [0.5, 0.6) is 0 Å². The summed E-state index contributed by atoms with van der Waals surface area (Å²) >= 11 is 32.9. The zero-order valence-corrected chi connectivity index (χ0v) is 19.6. The van der Waals surface area contributed by atoms with E-state index in [2.05, 4.69) is 50.5 Å². The van der Waals surface area contributed by atoms with Gasteiger partial charge in [0.25, 0.3) is 0 Å². The van der Waals surface area contributed by atoms with Crippen LogP contribution in [0.15, 0.2) is 16.9 Å². The third-order valence-electron chi connectivity index (χ3n) is 1.84. The molecule has 0 N–H and O–H groups in total. The van der Waals surface area contributed by atoms with Crippen LogP contribution in [0.2, 0.25) is 0 Å². The summed E-state index contributed by atoms with van der Waals surface area (Å²) in [5.74, 6) is 0. The zero-order valence-electron chi connectivity index (χ0n) is 8.02. The maximum atomic E-state index is 4.81. The molecule has 0 spiro atoms. The van der Waals surface area contributed by atoms with Crippen molar-refractivity contribution in [3.63, 3.8) is 0 Å². The molecular weight excluding hydrogens is 458 g/mol. The Bertz CT molecular complexity index is 347. The molecule has 92 valence electrons. The van der Waals surface area contributed by atoms with E-state index < -0.39 is 17.1 Å². The first-order valence-electron chi connectivity index (χ1n) is 4.18. The molecule has 2 aliphatic heterocycles. The third-order valence-corrected chi connectivity index (χ3v) is 20.2. The molecule has 2 aliphatic rings. The normalized spacial score (nSPS) is 26.7. The fourth-order valence-electron chi connectivity index (χ4n) is 1.25. The molecule has 0 saturated heterocycles. The van der Waals surface area contributed by atoms with Gasteiger partial charge in [-0.1, -0.05) is 0 Å². The predicted molar refractivity (Wildman–Crippen MR) is 104 cm³/mol. The first-order chi connectivity index (χ1) is 7.73. The standard InChI is InChI=1S/2C3H3S5.Zn/c2*4-1-2(5)8-3(6)7-1;/h2*4-6H;. The molecule has 17 heavy (non-hydrogen) atoms. The Kier molecular flexibility index (Phi) is 6.37. The Morgan fingerprint density at radius 1 is 0.647 bits per heavy atom. The van der Waals surface area contributed by atoms with Crippen LogP contribution in [0.1, 0.15) is 0 Å². The Morgan fingerprint density at radius 3 is 1.12 bits per heavy atom. The van der Waals surface area contributed by atoms with Crippen LogP contribution >= 0.6 is 123 Å². The van der Waals surface area contributed by atoms with Crippen LogP contribution in [0.25, 0.3) is 0 Å². The average Bonchev–Trinajstić information content (AvgIpc) is 2.51. The molecule has 0 nitrogen and oxygen atoms in total. The molecule has 11 heteroatoms. The zero-order chi connectivity index (χ0) is 12.8. The summed E-state index contributed by atoms with van der Waals surface area (Å²) in [5.41, 5.74) is 0. The van der Waals surface area contributed by atoms with Crippen molar-refractivity contribution in [2.24, 2.45) is 0 Å². The van der Waals surface area contributed by atoms with Crippen LogP contribution in [0, 0.1) is 0 Å². The van der Waals surface area contributed by atoms with Gasteiger partial charge in [0.2, 0.25) is 0 Å². The van der Waals surface area contributed by atoms with Gasteiger partial charge in [0.1, 0.15) is 0 Å². The summed E-state index contributed by atoms with van der Waals surface area (Å²) in [6.45, 7) is 0. The second kappa shape index (κ2) is 6.38. The van der Waals surface area contributed by atoms with Crippen molar-refractivity contribution in [1.29, 1.82) is 0 Å². The van der Waals surface area contributed by atoms with Crippen molar-refractivity contribution in [1.82, 2.24) is 0 Å². The molecule has 0 unspecified atom stereocenters. The first kappa shape index (κ1) is 17.0. The van der Waals surface area contributed by atoms with E-state index in [-0.39, 0.29) is 4.01 Å². The van der Waals surface area contributed by atoms with Gasteiger partial charge in [-0.25, -0.2) is 0 Å². The van der Waals surface area contributed by atoms with Crippen molar-refractivity contribution in [3.05, 3.63) is 16.9 Å². The molecule has 0 aromatic carbocycles. The molecule has 0 aromatic heterocycles. The van der Waals surface area contributed by atoms with E-state index in [0.717, 1.165) is 16.9 Å². The van der Waals surface area contributed by atoms with Crippen molar-refractivity contribution in [2.45, 2.75) is 4.01 Å². The number of thiol groups is 6. The van der Waals surface area contributed by atoms with Crippen LogP contribution in [0.3, 0.4) is 0 Å². The molecule has 0 atom stereocenters. The third kappa shape index (κ3) is 4.30. The van der Waals surface area contributed by atoms with E-state index in [4.69, 9.17) is 25.3 Å². The molecular formula is C6H6S10Zn. The molecule has 2 heterocycles. The van der Waals surface area contributed by atoms with Crippen LogP contribution < -0.4 is 0 Å². The maximum absolute atomic E-state index is 4.81. The Balaban J connectivity index is 2.05. The predicted octanol–water partition coefficient (Wildman–Crippen LogP) is 5.08. The van der Waals surface area contributed by atoms with E-state index in [1.165, 1.54) is 0 Å². The van der Waals surface area contributed by atoms with Crippen molar-refractivity contribution in [3.8, 4) is 0 Å².